The van der Waals surface area contributed by atoms with Crippen molar-refractivity contribution < 1.29 is 9.59 Å². The Morgan fingerprint density at radius 1 is 1.29 bits per heavy atom. The molecule has 0 bridgehead atoms. The van der Waals surface area contributed by atoms with Gasteiger partial charge in [-0.2, -0.15) is 0 Å². The van der Waals surface area contributed by atoms with Crippen LogP contribution < -0.4 is 5.32 Å². The van der Waals surface area contributed by atoms with Crippen molar-refractivity contribution in [1.29, 1.82) is 0 Å². The van der Waals surface area contributed by atoms with E-state index in [-0.39, 0.29) is 17.2 Å². The number of fused-ring (bicyclic) bond motifs is 1. The molecule has 1 fully saturated rings. The molecule has 2 aliphatic rings. The number of carbonyl (C=O) groups excluding carboxylic acids is 2. The Labute approximate surface area is 83.6 Å². The molecule has 0 spiro atoms. The van der Waals surface area contributed by atoms with Gasteiger partial charge in [-0.25, -0.2) is 0 Å². The highest BCUT2D eigenvalue weighted by atomic mass is 16.1. The van der Waals surface area contributed by atoms with E-state index < -0.39 is 0 Å². The van der Waals surface area contributed by atoms with E-state index in [2.05, 4.69) is 5.32 Å². The monoisotopic (exact) mass is 193 g/mol. The van der Waals surface area contributed by atoms with Gasteiger partial charge < -0.3 is 5.32 Å². The lowest BCUT2D eigenvalue weighted by molar-refractivity contribution is -0.123. The summed E-state index contributed by atoms with van der Waals surface area (Å²) in [7, 11) is 0. The van der Waals surface area contributed by atoms with Crippen molar-refractivity contribution in [2.75, 3.05) is 0 Å². The summed E-state index contributed by atoms with van der Waals surface area (Å²) in [5, 5.41) is 3.02. The summed E-state index contributed by atoms with van der Waals surface area (Å²) in [5.41, 5.74) is 0.862. The van der Waals surface area contributed by atoms with Crippen molar-refractivity contribution in [3.8, 4) is 0 Å². The van der Waals surface area contributed by atoms with E-state index >= 15 is 0 Å². The molecule has 1 N–H and O–H groups in total. The van der Waals surface area contributed by atoms with Crippen LogP contribution in [0.3, 0.4) is 0 Å². The normalized spacial score (nSPS) is 32.8. The molecule has 1 unspecified atom stereocenters. The van der Waals surface area contributed by atoms with Crippen molar-refractivity contribution in [1.82, 2.24) is 5.32 Å². The largest absolute Gasteiger partial charge is 0.347 e. The first kappa shape index (κ1) is 9.44. The first-order chi connectivity index (χ1) is 6.60. The highest BCUT2D eigenvalue weighted by Gasteiger charge is 2.35. The first-order valence-electron chi connectivity index (χ1n) is 5.15. The second kappa shape index (κ2) is 3.23. The van der Waals surface area contributed by atoms with Crippen LogP contribution in [0.15, 0.2) is 11.6 Å². The third-order valence-corrected chi connectivity index (χ3v) is 3.18. The fourth-order valence-electron chi connectivity index (χ4n) is 2.26. The maximum atomic E-state index is 11.4. The Hall–Kier alpha value is -1.12. The van der Waals surface area contributed by atoms with Gasteiger partial charge in [-0.1, -0.05) is 0 Å². The molecule has 1 aliphatic heterocycles. The van der Waals surface area contributed by atoms with Gasteiger partial charge in [-0.3, -0.25) is 9.59 Å². The van der Waals surface area contributed by atoms with Gasteiger partial charge in [0, 0.05) is 12.8 Å². The van der Waals surface area contributed by atoms with Crippen LogP contribution in [0.1, 0.15) is 39.0 Å². The summed E-state index contributed by atoms with van der Waals surface area (Å²) in [4.78, 5) is 22.7. The van der Waals surface area contributed by atoms with Gasteiger partial charge in [0.15, 0.2) is 5.78 Å². The zero-order chi connectivity index (χ0) is 10.2. The first-order valence-corrected chi connectivity index (χ1v) is 5.15. The van der Waals surface area contributed by atoms with Crippen LogP contribution >= 0.6 is 0 Å². The maximum Gasteiger partial charge on any atom is 0.220 e. The Morgan fingerprint density at radius 2 is 2.07 bits per heavy atom. The highest BCUT2D eigenvalue weighted by Crippen LogP contribution is 2.32. The standard InChI is InChI=1S/C11H15NO2/c1-11-6-5-9(13)7-8(11)3-2-4-10(14)12-11/h7H,2-6H2,1H3,(H,12,14). The van der Waals surface area contributed by atoms with E-state index in [4.69, 9.17) is 0 Å². The molecule has 1 saturated heterocycles. The van der Waals surface area contributed by atoms with Crippen LogP contribution in [0, 0.1) is 0 Å². The molecule has 1 atom stereocenters. The zero-order valence-electron chi connectivity index (χ0n) is 8.43. The average Bonchev–Trinajstić information content (AvgIpc) is 2.24. The number of allylic oxidation sites excluding steroid dienone is 1. The van der Waals surface area contributed by atoms with Crippen molar-refractivity contribution in [2.45, 2.75) is 44.6 Å². The van der Waals surface area contributed by atoms with Gasteiger partial charge in [0.05, 0.1) is 5.54 Å². The molecule has 76 valence electrons. The molecule has 14 heavy (non-hydrogen) atoms. The van der Waals surface area contributed by atoms with Gasteiger partial charge in [-0.05, 0) is 37.8 Å². The summed E-state index contributed by atoms with van der Waals surface area (Å²) in [6.45, 7) is 2.02. The molecule has 3 nitrogen and oxygen atoms in total. The van der Waals surface area contributed by atoms with Crippen LogP contribution in [-0.2, 0) is 9.59 Å². The molecule has 3 heteroatoms. The second-order valence-electron chi connectivity index (χ2n) is 4.37. The molecule has 0 radical (unpaired) electrons. The lowest BCUT2D eigenvalue weighted by Gasteiger charge is -2.34. The van der Waals surface area contributed by atoms with Crippen LogP contribution in [0.4, 0.5) is 0 Å². The smallest absolute Gasteiger partial charge is 0.220 e. The molecule has 0 aromatic heterocycles. The number of carbonyl (C=O) groups is 2. The average molecular weight is 193 g/mol. The Bertz CT molecular complexity index is 319. The van der Waals surface area contributed by atoms with Gasteiger partial charge in [0.1, 0.15) is 0 Å². The van der Waals surface area contributed by atoms with Crippen molar-refractivity contribution >= 4 is 11.7 Å². The molecule has 0 aromatic rings. The Balaban J connectivity index is 2.32. The van der Waals surface area contributed by atoms with Gasteiger partial charge >= 0.3 is 0 Å². The predicted octanol–water partition coefficient (Wildman–Crippen LogP) is 1.33. The summed E-state index contributed by atoms with van der Waals surface area (Å²) in [6, 6.07) is 0. The number of nitrogens with one attached hydrogen (secondary N) is 1. The van der Waals surface area contributed by atoms with Crippen LogP contribution in [0.2, 0.25) is 0 Å². The van der Waals surface area contributed by atoms with E-state index in [0.29, 0.717) is 12.8 Å². The minimum absolute atomic E-state index is 0.116. The van der Waals surface area contributed by atoms with Crippen molar-refractivity contribution in [2.24, 2.45) is 0 Å². The van der Waals surface area contributed by atoms with Crippen LogP contribution in [0.5, 0.6) is 0 Å². The van der Waals surface area contributed by atoms with Gasteiger partial charge in [0.2, 0.25) is 5.91 Å². The van der Waals surface area contributed by atoms with Crippen molar-refractivity contribution in [3.63, 3.8) is 0 Å². The third-order valence-electron chi connectivity index (χ3n) is 3.18. The summed E-state index contributed by atoms with van der Waals surface area (Å²) >= 11 is 0. The minimum Gasteiger partial charge on any atom is -0.347 e. The molecule has 0 saturated carbocycles. The molecular weight excluding hydrogens is 178 g/mol. The third kappa shape index (κ3) is 1.59. The molecule has 1 amide bonds. The van der Waals surface area contributed by atoms with E-state index in [9.17, 15) is 9.59 Å². The topological polar surface area (TPSA) is 46.2 Å². The minimum atomic E-state index is -0.249. The fourth-order valence-corrected chi connectivity index (χ4v) is 2.26. The Morgan fingerprint density at radius 3 is 2.86 bits per heavy atom. The molecular formula is C11H15NO2. The SMILES string of the molecule is CC12CCC(=O)C=C1CCCC(=O)N2. The predicted molar refractivity (Wildman–Crippen MR) is 52.7 cm³/mol. The van der Waals surface area contributed by atoms with E-state index in [1.54, 1.807) is 6.08 Å². The van der Waals surface area contributed by atoms with E-state index in [0.717, 1.165) is 24.8 Å². The number of rotatable bonds is 0. The van der Waals surface area contributed by atoms with Gasteiger partial charge in [0.25, 0.3) is 0 Å². The number of amides is 1. The second-order valence-corrected chi connectivity index (χ2v) is 4.37. The quantitative estimate of drug-likeness (QED) is 0.631. The Kier molecular flexibility index (Phi) is 2.17. The number of hydrogen-bond acceptors (Lipinski definition) is 2. The molecule has 1 aliphatic carbocycles. The molecule has 2 rings (SSSR count). The van der Waals surface area contributed by atoms with E-state index in [1.807, 2.05) is 6.92 Å². The zero-order valence-corrected chi connectivity index (χ0v) is 8.43. The van der Waals surface area contributed by atoms with Crippen LogP contribution in [0.25, 0.3) is 0 Å². The lowest BCUT2D eigenvalue weighted by Crippen LogP contribution is -2.47. The number of ketones is 1. The summed E-state index contributed by atoms with van der Waals surface area (Å²) in [6.07, 6.45) is 5.36. The summed E-state index contributed by atoms with van der Waals surface area (Å²) in [5.74, 6) is 0.318. The van der Waals surface area contributed by atoms with Gasteiger partial charge in [-0.15, -0.1) is 0 Å². The highest BCUT2D eigenvalue weighted by molar-refractivity contribution is 5.92. The molecule has 1 heterocycles. The van der Waals surface area contributed by atoms with E-state index in [1.165, 1.54) is 0 Å². The summed E-state index contributed by atoms with van der Waals surface area (Å²) < 4.78 is 0. The van der Waals surface area contributed by atoms with Crippen LogP contribution in [-0.4, -0.2) is 17.2 Å². The number of hydrogen-bond donors (Lipinski definition) is 1. The fraction of sp³-hybridized carbons (Fsp3) is 0.636. The van der Waals surface area contributed by atoms with Crippen molar-refractivity contribution in [3.05, 3.63) is 11.6 Å². The molecule has 0 aromatic carbocycles. The maximum absolute atomic E-state index is 11.4. The lowest BCUT2D eigenvalue weighted by atomic mass is 9.80.